The highest BCUT2D eigenvalue weighted by Crippen LogP contribution is 2.61. The third kappa shape index (κ3) is 5.00. The molecule has 11 aromatic rings. The van der Waals surface area contributed by atoms with Gasteiger partial charge in [0.2, 0.25) is 0 Å². The first kappa shape index (κ1) is 34.7. The summed E-state index contributed by atoms with van der Waals surface area (Å²) in [5, 5.41) is 2.11. The van der Waals surface area contributed by atoms with Crippen LogP contribution < -0.4 is 0 Å². The molecule has 0 atom stereocenters. The van der Waals surface area contributed by atoms with Crippen molar-refractivity contribution in [3.8, 4) is 78.4 Å². The van der Waals surface area contributed by atoms with Crippen LogP contribution in [0.25, 0.3) is 100 Å². The van der Waals surface area contributed by atoms with Gasteiger partial charge in [0.05, 0.1) is 16.8 Å². The van der Waals surface area contributed by atoms with Crippen LogP contribution in [0.1, 0.15) is 22.3 Å². The maximum absolute atomic E-state index is 6.39. The second kappa shape index (κ2) is 13.4. The van der Waals surface area contributed by atoms with E-state index in [4.69, 9.17) is 14.4 Å². The van der Waals surface area contributed by atoms with Gasteiger partial charge in [0.15, 0.2) is 5.82 Å². The lowest BCUT2D eigenvalue weighted by Crippen LogP contribution is -2.29. The Hall–Kier alpha value is -8.14. The summed E-state index contributed by atoms with van der Waals surface area (Å²) in [6.07, 6.45) is 0. The molecule has 0 N–H and O–H groups in total. The van der Waals surface area contributed by atoms with Gasteiger partial charge in [0.25, 0.3) is 0 Å². The van der Waals surface area contributed by atoms with E-state index in [0.717, 1.165) is 55.6 Å². The molecule has 0 unspecified atom stereocenters. The zero-order valence-corrected chi connectivity index (χ0v) is 33.6. The highest BCUT2D eigenvalue weighted by Gasteiger charge is 2.49. The van der Waals surface area contributed by atoms with Crippen molar-refractivity contribution in [2.45, 2.75) is 5.41 Å². The van der Waals surface area contributed by atoms with E-state index in [-0.39, 0.29) is 0 Å². The van der Waals surface area contributed by atoms with Crippen molar-refractivity contribution in [1.29, 1.82) is 0 Å². The second-order valence-corrected chi connectivity index (χ2v) is 16.4. The molecule has 0 saturated heterocycles. The zero-order chi connectivity index (χ0) is 40.8. The third-order valence-corrected chi connectivity index (χ3v) is 13.2. The molecule has 0 radical (unpaired) electrons. The van der Waals surface area contributed by atoms with Gasteiger partial charge in [0, 0.05) is 27.5 Å². The minimum absolute atomic E-state index is 0.596. The smallest absolute Gasteiger partial charge is 0.160 e. The van der Waals surface area contributed by atoms with Crippen LogP contribution in [-0.4, -0.2) is 9.97 Å². The van der Waals surface area contributed by atoms with Gasteiger partial charge in [-0.1, -0.05) is 194 Å². The van der Waals surface area contributed by atoms with E-state index in [1.54, 1.807) is 0 Å². The van der Waals surface area contributed by atoms with Gasteiger partial charge in [-0.3, -0.25) is 0 Å². The van der Waals surface area contributed by atoms with Crippen molar-refractivity contribution >= 4 is 21.9 Å². The van der Waals surface area contributed by atoms with Crippen molar-refractivity contribution in [2.75, 3.05) is 0 Å². The lowest BCUT2D eigenvalue weighted by molar-refractivity contribution is 0.669. The Bertz CT molecular complexity index is 3510. The van der Waals surface area contributed by atoms with Gasteiger partial charge in [-0.05, 0) is 91.0 Å². The molecule has 9 aromatic carbocycles. The molecule has 2 aliphatic carbocycles. The molecule has 0 amide bonds. The Labute approximate surface area is 359 Å². The molecule has 2 heterocycles. The number of rotatable bonds is 4. The van der Waals surface area contributed by atoms with Gasteiger partial charge in [-0.25, -0.2) is 9.97 Å². The molecule has 62 heavy (non-hydrogen) atoms. The van der Waals surface area contributed by atoms with E-state index < -0.39 is 5.41 Å². The highest BCUT2D eigenvalue weighted by atomic mass is 16.3. The molecule has 1 spiro atoms. The van der Waals surface area contributed by atoms with Gasteiger partial charge in [-0.15, -0.1) is 0 Å². The third-order valence-electron chi connectivity index (χ3n) is 13.2. The van der Waals surface area contributed by atoms with E-state index >= 15 is 0 Å². The van der Waals surface area contributed by atoms with E-state index in [1.165, 1.54) is 61.2 Å². The van der Waals surface area contributed by atoms with Crippen LogP contribution in [0.4, 0.5) is 0 Å². The predicted molar refractivity (Wildman–Crippen MR) is 253 cm³/mol. The van der Waals surface area contributed by atoms with Crippen LogP contribution in [0.3, 0.4) is 0 Å². The summed E-state index contributed by atoms with van der Waals surface area (Å²) >= 11 is 0. The number of hydrogen-bond acceptors (Lipinski definition) is 3. The first-order valence-corrected chi connectivity index (χ1v) is 21.2. The molecule has 2 aliphatic rings. The minimum Gasteiger partial charge on any atom is -0.456 e. The van der Waals surface area contributed by atoms with Crippen molar-refractivity contribution in [3.63, 3.8) is 0 Å². The van der Waals surface area contributed by atoms with Crippen molar-refractivity contribution < 1.29 is 4.42 Å². The van der Waals surface area contributed by atoms with Crippen LogP contribution >= 0.6 is 0 Å². The summed E-state index contributed by atoms with van der Waals surface area (Å²) in [5.74, 6) is 0.668. The van der Waals surface area contributed by atoms with Crippen molar-refractivity contribution in [3.05, 3.63) is 241 Å². The fourth-order valence-corrected chi connectivity index (χ4v) is 10.5. The Morgan fingerprint density at radius 1 is 0.306 bits per heavy atom. The molecular weight excluding hydrogens is 753 g/mol. The van der Waals surface area contributed by atoms with Crippen LogP contribution in [0.15, 0.2) is 223 Å². The molecule has 0 fully saturated rings. The number of benzene rings is 9. The summed E-state index contributed by atoms with van der Waals surface area (Å²) in [7, 11) is 0. The van der Waals surface area contributed by atoms with Gasteiger partial charge in [-0.2, -0.15) is 0 Å². The molecule has 13 rings (SSSR count). The summed E-state index contributed by atoms with van der Waals surface area (Å²) in [6, 6.07) is 78.7. The van der Waals surface area contributed by atoms with Crippen LogP contribution in [0, 0.1) is 0 Å². The fourth-order valence-electron chi connectivity index (χ4n) is 10.5. The zero-order valence-electron chi connectivity index (χ0n) is 33.6. The van der Waals surface area contributed by atoms with Gasteiger partial charge >= 0.3 is 0 Å². The Morgan fingerprint density at radius 3 is 1.48 bits per heavy atom. The quantitative estimate of drug-likeness (QED) is 0.178. The molecule has 0 aliphatic heterocycles. The van der Waals surface area contributed by atoms with Crippen LogP contribution in [0.2, 0.25) is 0 Å². The van der Waals surface area contributed by atoms with Gasteiger partial charge < -0.3 is 4.42 Å². The standard InChI is InChI=1S/C59H36N2O/c1-2-15-37(16-3-1)38-29-31-39(32-30-38)58-60-53(36-54(61-58)47-23-14-28-56-57(47)48-22-9-13-27-55(48)62-56)40-33-34-46-45-21-8-12-26-51(45)59(52(46)35-40)49-24-10-6-19-43(49)41-17-4-5-18-42(41)44-20-7-11-25-50(44)59/h1-36H. The predicted octanol–water partition coefficient (Wildman–Crippen LogP) is 15.1. The van der Waals surface area contributed by atoms with Crippen molar-refractivity contribution in [1.82, 2.24) is 9.97 Å². The molecular formula is C59H36N2O. The first-order chi connectivity index (χ1) is 30.7. The number of aromatic nitrogens is 2. The molecule has 0 saturated carbocycles. The number of furan rings is 1. The maximum Gasteiger partial charge on any atom is 0.160 e. The second-order valence-electron chi connectivity index (χ2n) is 16.4. The molecule has 288 valence electrons. The maximum atomic E-state index is 6.39. The van der Waals surface area contributed by atoms with E-state index in [9.17, 15) is 0 Å². The fraction of sp³-hybridized carbons (Fsp3) is 0.0169. The lowest BCUT2D eigenvalue weighted by Gasteiger charge is -2.35. The van der Waals surface area contributed by atoms with E-state index in [0.29, 0.717) is 5.82 Å². The molecule has 3 nitrogen and oxygen atoms in total. The molecule has 2 aromatic heterocycles. The number of hydrogen-bond donors (Lipinski definition) is 0. The van der Waals surface area contributed by atoms with Crippen LogP contribution in [-0.2, 0) is 5.41 Å². The summed E-state index contributed by atoms with van der Waals surface area (Å²) in [6.45, 7) is 0. The SMILES string of the molecule is c1ccc(-c2ccc(-c3nc(-c4ccc5c(c4)C4(c6ccccc6-c6ccccc6-c6ccccc64)c4ccccc4-5)cc(-c4cccc5oc6ccccc6c45)n3)cc2)cc1. The summed E-state index contributed by atoms with van der Waals surface area (Å²) in [4.78, 5) is 10.8. The van der Waals surface area contributed by atoms with E-state index in [2.05, 4.69) is 194 Å². The summed E-state index contributed by atoms with van der Waals surface area (Å²) in [5.41, 5.74) is 20.7. The number of fused-ring (bicyclic) bond motifs is 15. The topological polar surface area (TPSA) is 38.9 Å². The Kier molecular flexibility index (Phi) is 7.52. The van der Waals surface area contributed by atoms with E-state index in [1.807, 2.05) is 24.3 Å². The monoisotopic (exact) mass is 788 g/mol. The van der Waals surface area contributed by atoms with Gasteiger partial charge in [0.1, 0.15) is 11.2 Å². The minimum atomic E-state index is -0.596. The normalized spacial score (nSPS) is 13.0. The lowest BCUT2D eigenvalue weighted by atomic mass is 9.65. The Balaban J connectivity index is 1.08. The number of nitrogens with zero attached hydrogens (tertiary/aromatic N) is 2. The summed E-state index contributed by atoms with van der Waals surface area (Å²) < 4.78 is 6.39. The first-order valence-electron chi connectivity index (χ1n) is 21.2. The molecule has 0 bridgehead atoms. The number of para-hydroxylation sites is 1. The average molecular weight is 789 g/mol. The largest absolute Gasteiger partial charge is 0.456 e. The van der Waals surface area contributed by atoms with Crippen molar-refractivity contribution in [2.24, 2.45) is 0 Å². The van der Waals surface area contributed by atoms with Crippen LogP contribution in [0.5, 0.6) is 0 Å². The highest BCUT2D eigenvalue weighted by molar-refractivity contribution is 6.12. The Morgan fingerprint density at radius 2 is 0.790 bits per heavy atom. The average Bonchev–Trinajstić information content (AvgIpc) is 3.84. The molecule has 3 heteroatoms.